The van der Waals surface area contributed by atoms with Crippen LogP contribution >= 0.6 is 0 Å². The summed E-state index contributed by atoms with van der Waals surface area (Å²) in [5.74, 6) is 1.24. The Morgan fingerprint density at radius 2 is 2.04 bits per heavy atom. The molecule has 4 rings (SSSR count). The largest absolute Gasteiger partial charge is 0.327 e. The number of hydrogen-bond donors (Lipinski definition) is 1. The van der Waals surface area contributed by atoms with Crippen LogP contribution in [0.2, 0.25) is 0 Å². The molecule has 7 nitrogen and oxygen atoms in total. The second kappa shape index (κ2) is 6.43. The molecular formula is C18H18N6O. The number of aromatic nitrogens is 5. The molecule has 0 unspecified atom stereocenters. The first kappa shape index (κ1) is 15.4. The summed E-state index contributed by atoms with van der Waals surface area (Å²) in [6.45, 7) is 2.53. The number of likely N-dealkylation sites (tertiary alicyclic amines) is 1. The van der Waals surface area contributed by atoms with Gasteiger partial charge in [0.2, 0.25) is 0 Å². The van der Waals surface area contributed by atoms with Gasteiger partial charge >= 0.3 is 0 Å². The van der Waals surface area contributed by atoms with E-state index in [9.17, 15) is 4.79 Å². The van der Waals surface area contributed by atoms with Crippen molar-refractivity contribution in [3.8, 4) is 11.4 Å². The van der Waals surface area contributed by atoms with Crippen LogP contribution in [-0.2, 0) is 0 Å². The normalized spacial score (nSPS) is 17.0. The van der Waals surface area contributed by atoms with E-state index in [0.717, 1.165) is 24.1 Å². The summed E-state index contributed by atoms with van der Waals surface area (Å²) in [6.07, 6.45) is 4.93. The van der Waals surface area contributed by atoms with E-state index < -0.39 is 0 Å². The number of benzene rings is 1. The molecule has 1 saturated heterocycles. The van der Waals surface area contributed by atoms with Crippen molar-refractivity contribution in [1.29, 1.82) is 0 Å². The summed E-state index contributed by atoms with van der Waals surface area (Å²) >= 11 is 0. The molecular weight excluding hydrogens is 316 g/mol. The molecule has 0 aliphatic carbocycles. The number of nitrogens with one attached hydrogen (secondary N) is 1. The van der Waals surface area contributed by atoms with E-state index >= 15 is 0 Å². The molecule has 3 aromatic rings. The number of hydrogen-bond acceptors (Lipinski definition) is 5. The first-order valence-corrected chi connectivity index (χ1v) is 8.30. The Morgan fingerprint density at radius 1 is 1.20 bits per heavy atom. The number of aromatic amines is 1. The van der Waals surface area contributed by atoms with Gasteiger partial charge in [0.15, 0.2) is 5.82 Å². The summed E-state index contributed by atoms with van der Waals surface area (Å²) in [7, 11) is 0. The maximum absolute atomic E-state index is 12.8. The summed E-state index contributed by atoms with van der Waals surface area (Å²) in [5.41, 5.74) is 2.10. The molecule has 126 valence electrons. The van der Waals surface area contributed by atoms with Crippen LogP contribution < -0.4 is 0 Å². The zero-order valence-electron chi connectivity index (χ0n) is 13.9. The molecule has 25 heavy (non-hydrogen) atoms. The van der Waals surface area contributed by atoms with Crippen LogP contribution in [0.1, 0.15) is 40.9 Å². The van der Waals surface area contributed by atoms with Gasteiger partial charge in [-0.3, -0.25) is 14.9 Å². The highest BCUT2D eigenvalue weighted by molar-refractivity contribution is 5.92. The minimum atomic E-state index is -0.118. The lowest BCUT2D eigenvalue weighted by atomic mass is 10.2. The Hall–Kier alpha value is -3.09. The average molecular weight is 334 g/mol. The second-order valence-electron chi connectivity index (χ2n) is 6.11. The third kappa shape index (κ3) is 3.00. The van der Waals surface area contributed by atoms with Crippen LogP contribution in [0.4, 0.5) is 0 Å². The van der Waals surface area contributed by atoms with Crippen LogP contribution in [0.25, 0.3) is 11.4 Å². The fourth-order valence-corrected chi connectivity index (χ4v) is 3.08. The van der Waals surface area contributed by atoms with E-state index in [1.807, 2.05) is 37.3 Å². The first-order chi connectivity index (χ1) is 12.2. The van der Waals surface area contributed by atoms with Gasteiger partial charge in [-0.15, -0.1) is 0 Å². The molecule has 0 bridgehead atoms. The maximum Gasteiger partial charge on any atom is 0.274 e. The number of H-pyrrole nitrogens is 1. The van der Waals surface area contributed by atoms with E-state index in [4.69, 9.17) is 0 Å². The molecule has 0 saturated carbocycles. The van der Waals surface area contributed by atoms with Gasteiger partial charge in [0.1, 0.15) is 11.5 Å². The number of carbonyl (C=O) groups is 1. The standard InChI is InChI=1S/C18H18N6O/c1-12-10-20-14(11-19-12)18(25)24-9-5-8-15(24)17-21-16(22-23-17)13-6-3-2-4-7-13/h2-4,6-7,10-11,15H,5,8-9H2,1H3,(H,21,22,23)/t15-/m1/s1. The summed E-state index contributed by atoms with van der Waals surface area (Å²) in [5, 5.41) is 7.31. The van der Waals surface area contributed by atoms with Crippen molar-refractivity contribution < 1.29 is 4.79 Å². The zero-order valence-corrected chi connectivity index (χ0v) is 13.9. The molecule has 1 aliphatic rings. The monoisotopic (exact) mass is 334 g/mol. The van der Waals surface area contributed by atoms with Crippen LogP contribution in [0.15, 0.2) is 42.7 Å². The second-order valence-corrected chi connectivity index (χ2v) is 6.11. The molecule has 1 aliphatic heterocycles. The molecule has 2 aromatic heterocycles. The lowest BCUT2D eigenvalue weighted by molar-refractivity contribution is 0.0723. The molecule has 1 N–H and O–H groups in total. The Kier molecular flexibility index (Phi) is 3.97. The lowest BCUT2D eigenvalue weighted by Gasteiger charge is -2.22. The van der Waals surface area contributed by atoms with Crippen molar-refractivity contribution in [3.05, 3.63) is 59.9 Å². The fourth-order valence-electron chi connectivity index (χ4n) is 3.08. The van der Waals surface area contributed by atoms with Crippen molar-refractivity contribution in [2.75, 3.05) is 6.54 Å². The molecule has 1 aromatic carbocycles. The van der Waals surface area contributed by atoms with Crippen molar-refractivity contribution in [2.24, 2.45) is 0 Å². The van der Waals surface area contributed by atoms with Gasteiger partial charge in [-0.25, -0.2) is 9.97 Å². The van der Waals surface area contributed by atoms with Crippen LogP contribution in [0.5, 0.6) is 0 Å². The van der Waals surface area contributed by atoms with E-state index in [-0.39, 0.29) is 11.9 Å². The quantitative estimate of drug-likeness (QED) is 0.795. The summed E-state index contributed by atoms with van der Waals surface area (Å²) < 4.78 is 0. The Bertz CT molecular complexity index is 874. The zero-order chi connectivity index (χ0) is 17.2. The fraction of sp³-hybridized carbons (Fsp3) is 0.278. The van der Waals surface area contributed by atoms with Crippen LogP contribution in [-0.4, -0.2) is 42.5 Å². The van der Waals surface area contributed by atoms with Crippen molar-refractivity contribution >= 4 is 5.91 Å². The number of amides is 1. The third-order valence-corrected chi connectivity index (χ3v) is 4.36. The minimum absolute atomic E-state index is 0.111. The number of nitrogens with zero attached hydrogens (tertiary/aromatic N) is 5. The van der Waals surface area contributed by atoms with Crippen molar-refractivity contribution in [3.63, 3.8) is 0 Å². The molecule has 1 atom stereocenters. The summed E-state index contributed by atoms with van der Waals surface area (Å²) in [6, 6.07) is 9.68. The van der Waals surface area contributed by atoms with Gasteiger partial charge in [0.25, 0.3) is 5.91 Å². The molecule has 7 heteroatoms. The van der Waals surface area contributed by atoms with Gasteiger partial charge in [0, 0.05) is 18.3 Å². The van der Waals surface area contributed by atoms with Crippen molar-refractivity contribution in [2.45, 2.75) is 25.8 Å². The van der Waals surface area contributed by atoms with Gasteiger partial charge in [-0.1, -0.05) is 30.3 Å². The van der Waals surface area contributed by atoms with Gasteiger partial charge in [-0.05, 0) is 19.8 Å². The summed E-state index contributed by atoms with van der Waals surface area (Å²) in [4.78, 5) is 27.6. The van der Waals surface area contributed by atoms with E-state index in [1.54, 1.807) is 11.1 Å². The predicted octanol–water partition coefficient (Wildman–Crippen LogP) is 2.55. The predicted molar refractivity (Wildman–Crippen MR) is 91.6 cm³/mol. The minimum Gasteiger partial charge on any atom is -0.327 e. The highest BCUT2D eigenvalue weighted by Crippen LogP contribution is 2.31. The average Bonchev–Trinajstić information content (AvgIpc) is 3.32. The Balaban J connectivity index is 1.58. The van der Waals surface area contributed by atoms with Crippen LogP contribution in [0, 0.1) is 6.92 Å². The highest BCUT2D eigenvalue weighted by atomic mass is 16.2. The lowest BCUT2D eigenvalue weighted by Crippen LogP contribution is -2.31. The number of rotatable bonds is 3. The SMILES string of the molecule is Cc1cnc(C(=O)N2CCC[C@@H]2c2nc(-c3ccccc3)n[nH]2)cn1. The smallest absolute Gasteiger partial charge is 0.274 e. The first-order valence-electron chi connectivity index (χ1n) is 8.30. The molecule has 1 amide bonds. The molecule has 1 fully saturated rings. The van der Waals surface area contributed by atoms with Crippen LogP contribution in [0.3, 0.4) is 0 Å². The number of aryl methyl sites for hydroxylation is 1. The van der Waals surface area contributed by atoms with E-state index in [2.05, 4.69) is 25.1 Å². The van der Waals surface area contributed by atoms with E-state index in [1.165, 1.54) is 6.20 Å². The third-order valence-electron chi connectivity index (χ3n) is 4.36. The van der Waals surface area contributed by atoms with Gasteiger partial charge < -0.3 is 4.90 Å². The maximum atomic E-state index is 12.8. The number of carbonyl (C=O) groups excluding carboxylic acids is 1. The van der Waals surface area contributed by atoms with Crippen molar-refractivity contribution in [1.82, 2.24) is 30.0 Å². The molecule has 0 radical (unpaired) electrons. The van der Waals surface area contributed by atoms with E-state index in [0.29, 0.717) is 23.9 Å². The van der Waals surface area contributed by atoms with Gasteiger partial charge in [0.05, 0.1) is 17.9 Å². The molecule has 3 heterocycles. The topological polar surface area (TPSA) is 87.7 Å². The highest BCUT2D eigenvalue weighted by Gasteiger charge is 2.33. The Morgan fingerprint density at radius 3 is 2.80 bits per heavy atom. The van der Waals surface area contributed by atoms with Gasteiger partial charge in [-0.2, -0.15) is 5.10 Å². The Labute approximate surface area is 145 Å². The molecule has 0 spiro atoms.